The van der Waals surface area contributed by atoms with Gasteiger partial charge in [-0.15, -0.1) is 0 Å². The molecule has 1 fully saturated rings. The first-order chi connectivity index (χ1) is 15.0. The van der Waals surface area contributed by atoms with Gasteiger partial charge < -0.3 is 25.8 Å². The van der Waals surface area contributed by atoms with Crippen molar-refractivity contribution in [1.29, 1.82) is 0 Å². The van der Waals surface area contributed by atoms with Crippen LogP contribution in [-0.2, 0) is 11.3 Å². The predicted octanol–water partition coefficient (Wildman–Crippen LogP) is -0.0682. The van der Waals surface area contributed by atoms with Crippen molar-refractivity contribution in [2.24, 2.45) is 0 Å². The Labute approximate surface area is 176 Å². The normalized spacial score (nSPS) is 23.6. The zero-order chi connectivity index (χ0) is 21.5. The fraction of sp³-hybridized carbons (Fsp3) is 0.300. The number of rotatable bonds is 5. The molecule has 0 spiro atoms. The van der Waals surface area contributed by atoms with Gasteiger partial charge in [-0.2, -0.15) is 5.10 Å². The molecule has 4 atom stereocenters. The number of ether oxygens (including phenoxy) is 1. The molecule has 1 saturated heterocycles. The lowest BCUT2D eigenvalue weighted by Crippen LogP contribution is -2.33. The highest BCUT2D eigenvalue weighted by atomic mass is 16.6. The Morgan fingerprint density at radius 1 is 1.10 bits per heavy atom. The summed E-state index contributed by atoms with van der Waals surface area (Å²) >= 11 is 0. The summed E-state index contributed by atoms with van der Waals surface area (Å²) in [4.78, 5) is 13.1. The summed E-state index contributed by atoms with van der Waals surface area (Å²) in [5, 5.41) is 34.2. The van der Waals surface area contributed by atoms with Crippen LogP contribution >= 0.6 is 0 Å². The number of anilines is 1. The van der Waals surface area contributed by atoms with Crippen LogP contribution in [0.5, 0.6) is 0 Å². The topological polar surface area (TPSA) is 157 Å². The summed E-state index contributed by atoms with van der Waals surface area (Å²) in [7, 11) is 0. The van der Waals surface area contributed by atoms with E-state index in [1.54, 1.807) is 10.9 Å². The second-order valence-corrected chi connectivity index (χ2v) is 7.40. The monoisotopic (exact) mass is 423 g/mol. The predicted molar refractivity (Wildman–Crippen MR) is 110 cm³/mol. The lowest BCUT2D eigenvalue weighted by molar-refractivity contribution is -0.0511. The molecule has 0 amide bonds. The molecule has 4 heterocycles. The number of hydrogen-bond acceptors (Lipinski definition) is 9. The quantitative estimate of drug-likeness (QED) is 0.345. The highest BCUT2D eigenvalue weighted by Crippen LogP contribution is 2.32. The molecular formula is C20H21N7O4. The standard InChI is InChI=1S/C20H21N7O4/c21-17-14-19(27(10-22-14)20-16(30)15(29)13(9-28)31-20)25-18(24-17)12-6-23-26(8-12)7-11-4-2-1-3-5-11/h1-6,8,10,13,15-16,20,28-30H,7,9H2,(H2,21,24,25)/t13-,15-,16-,20?/m0/s1. The summed E-state index contributed by atoms with van der Waals surface area (Å²) in [6.45, 7) is 0.170. The molecule has 31 heavy (non-hydrogen) atoms. The molecule has 1 aliphatic heterocycles. The molecule has 0 aliphatic carbocycles. The number of nitrogens with zero attached hydrogens (tertiary/aromatic N) is 6. The van der Waals surface area contributed by atoms with E-state index in [0.717, 1.165) is 5.56 Å². The van der Waals surface area contributed by atoms with E-state index in [9.17, 15) is 15.3 Å². The number of nitrogens with two attached hydrogens (primary N) is 1. The molecule has 0 saturated carbocycles. The van der Waals surface area contributed by atoms with Crippen LogP contribution in [0.3, 0.4) is 0 Å². The maximum Gasteiger partial charge on any atom is 0.168 e. The van der Waals surface area contributed by atoms with Gasteiger partial charge in [0.05, 0.1) is 31.2 Å². The summed E-state index contributed by atoms with van der Waals surface area (Å²) < 4.78 is 8.86. The van der Waals surface area contributed by atoms with Crippen molar-refractivity contribution in [2.75, 3.05) is 12.3 Å². The van der Waals surface area contributed by atoms with E-state index in [1.807, 2.05) is 36.5 Å². The van der Waals surface area contributed by atoms with Crippen molar-refractivity contribution in [3.63, 3.8) is 0 Å². The molecule has 1 unspecified atom stereocenters. The molecule has 11 heteroatoms. The number of aliphatic hydroxyl groups excluding tert-OH is 3. The Kier molecular flexibility index (Phi) is 4.87. The fourth-order valence-corrected chi connectivity index (χ4v) is 3.70. The van der Waals surface area contributed by atoms with E-state index in [4.69, 9.17) is 10.5 Å². The van der Waals surface area contributed by atoms with Crippen molar-refractivity contribution in [3.05, 3.63) is 54.6 Å². The third kappa shape index (κ3) is 3.43. The molecule has 0 radical (unpaired) electrons. The fourth-order valence-electron chi connectivity index (χ4n) is 3.70. The van der Waals surface area contributed by atoms with Crippen LogP contribution in [0.4, 0.5) is 5.82 Å². The van der Waals surface area contributed by atoms with Gasteiger partial charge in [-0.3, -0.25) is 9.25 Å². The van der Waals surface area contributed by atoms with Crippen LogP contribution in [0.2, 0.25) is 0 Å². The number of fused-ring (bicyclic) bond motifs is 1. The Bertz CT molecular complexity index is 1210. The summed E-state index contributed by atoms with van der Waals surface area (Å²) in [5.74, 6) is 0.513. The minimum atomic E-state index is -1.26. The second-order valence-electron chi connectivity index (χ2n) is 7.40. The number of benzene rings is 1. The summed E-state index contributed by atoms with van der Waals surface area (Å²) in [6, 6.07) is 9.93. The van der Waals surface area contributed by atoms with Gasteiger partial charge in [0.15, 0.2) is 23.5 Å². The minimum absolute atomic E-state index is 0.168. The molecule has 5 N–H and O–H groups in total. The average molecular weight is 423 g/mol. The maximum absolute atomic E-state index is 10.4. The minimum Gasteiger partial charge on any atom is -0.394 e. The first kappa shape index (κ1) is 19.6. The molecule has 160 valence electrons. The maximum atomic E-state index is 10.4. The second kappa shape index (κ2) is 7.71. The van der Waals surface area contributed by atoms with Gasteiger partial charge in [0, 0.05) is 6.20 Å². The van der Waals surface area contributed by atoms with Crippen molar-refractivity contribution < 1.29 is 20.1 Å². The van der Waals surface area contributed by atoms with E-state index in [1.165, 1.54) is 10.9 Å². The largest absolute Gasteiger partial charge is 0.394 e. The lowest BCUT2D eigenvalue weighted by Gasteiger charge is -2.16. The summed E-state index contributed by atoms with van der Waals surface area (Å²) in [6.07, 6.45) is 0.508. The Balaban J connectivity index is 1.49. The van der Waals surface area contributed by atoms with Crippen LogP contribution in [0.15, 0.2) is 49.1 Å². The first-order valence-electron chi connectivity index (χ1n) is 9.74. The van der Waals surface area contributed by atoms with E-state index in [-0.39, 0.29) is 5.82 Å². The number of aliphatic hydroxyl groups is 3. The number of imidazole rings is 1. The van der Waals surface area contributed by atoms with E-state index < -0.39 is 31.1 Å². The van der Waals surface area contributed by atoms with E-state index in [2.05, 4.69) is 20.1 Å². The molecule has 4 aromatic rings. The smallest absolute Gasteiger partial charge is 0.168 e. The molecule has 3 aromatic heterocycles. The van der Waals surface area contributed by atoms with E-state index >= 15 is 0 Å². The molecular weight excluding hydrogens is 402 g/mol. The van der Waals surface area contributed by atoms with Crippen LogP contribution in [0.25, 0.3) is 22.6 Å². The van der Waals surface area contributed by atoms with Crippen molar-refractivity contribution in [2.45, 2.75) is 31.1 Å². The zero-order valence-corrected chi connectivity index (χ0v) is 16.4. The van der Waals surface area contributed by atoms with Crippen molar-refractivity contribution in [1.82, 2.24) is 29.3 Å². The molecule has 11 nitrogen and oxygen atoms in total. The lowest BCUT2D eigenvalue weighted by atomic mass is 10.1. The van der Waals surface area contributed by atoms with Crippen molar-refractivity contribution in [3.8, 4) is 11.4 Å². The Morgan fingerprint density at radius 3 is 2.65 bits per heavy atom. The summed E-state index contributed by atoms with van der Waals surface area (Å²) in [5.41, 5.74) is 8.56. The number of aromatic nitrogens is 6. The highest BCUT2D eigenvalue weighted by Gasteiger charge is 2.44. The molecule has 0 bridgehead atoms. The third-order valence-corrected chi connectivity index (χ3v) is 5.32. The number of hydrogen-bond donors (Lipinski definition) is 4. The first-order valence-corrected chi connectivity index (χ1v) is 9.74. The van der Waals surface area contributed by atoms with Gasteiger partial charge in [0.2, 0.25) is 0 Å². The highest BCUT2D eigenvalue weighted by molar-refractivity contribution is 5.83. The number of nitrogen functional groups attached to an aromatic ring is 1. The van der Waals surface area contributed by atoms with Gasteiger partial charge in [-0.1, -0.05) is 30.3 Å². The van der Waals surface area contributed by atoms with Crippen LogP contribution in [-0.4, -0.2) is 69.5 Å². The van der Waals surface area contributed by atoms with Gasteiger partial charge in [0.25, 0.3) is 0 Å². The Morgan fingerprint density at radius 2 is 1.90 bits per heavy atom. The third-order valence-electron chi connectivity index (χ3n) is 5.32. The average Bonchev–Trinajstić information content (AvgIpc) is 3.48. The van der Waals surface area contributed by atoms with Crippen molar-refractivity contribution >= 4 is 17.0 Å². The van der Waals surface area contributed by atoms with Gasteiger partial charge in [-0.25, -0.2) is 15.0 Å². The van der Waals surface area contributed by atoms with Crippen LogP contribution < -0.4 is 5.73 Å². The molecule has 5 rings (SSSR count). The Hall–Kier alpha value is -3.38. The van der Waals surface area contributed by atoms with Crippen LogP contribution in [0.1, 0.15) is 11.8 Å². The SMILES string of the molecule is Nc1nc(-c2cnn(Cc3ccccc3)c2)nc2c1ncn2C1O[C@@H](CO)[C@H](O)[C@@H]1O. The molecule has 1 aromatic carbocycles. The van der Waals surface area contributed by atoms with Crippen LogP contribution in [0, 0.1) is 0 Å². The zero-order valence-electron chi connectivity index (χ0n) is 16.4. The van der Waals surface area contributed by atoms with Gasteiger partial charge >= 0.3 is 0 Å². The van der Waals surface area contributed by atoms with Gasteiger partial charge in [-0.05, 0) is 5.56 Å². The molecule has 1 aliphatic rings. The van der Waals surface area contributed by atoms with E-state index in [0.29, 0.717) is 29.1 Å². The van der Waals surface area contributed by atoms with Gasteiger partial charge in [0.1, 0.15) is 23.8 Å².